The Bertz CT molecular complexity index is 676. The first-order valence-corrected chi connectivity index (χ1v) is 6.43. The van der Waals surface area contributed by atoms with Crippen LogP contribution in [0.2, 0.25) is 0 Å². The van der Waals surface area contributed by atoms with Crippen molar-refractivity contribution in [2.45, 2.75) is 25.4 Å². The summed E-state index contributed by atoms with van der Waals surface area (Å²) in [7, 11) is 1.87. The van der Waals surface area contributed by atoms with Crippen LogP contribution in [0.1, 0.15) is 18.4 Å². The number of carbonyl (C=O) groups is 1. The van der Waals surface area contributed by atoms with E-state index in [0.717, 1.165) is 23.7 Å². The van der Waals surface area contributed by atoms with Gasteiger partial charge in [-0.25, -0.2) is 0 Å². The third-order valence-corrected chi connectivity index (χ3v) is 3.69. The standard InChI is InChI=1S/C15H15N3O/c1-17(13-3-4-13)15(19)10-18-7-6-12-8-11(9-16)2-5-14(12)18/h2,5-8,13H,3-4,10H2,1H3. The van der Waals surface area contributed by atoms with Crippen molar-refractivity contribution in [3.05, 3.63) is 36.0 Å². The van der Waals surface area contributed by atoms with Crippen molar-refractivity contribution in [1.29, 1.82) is 5.26 Å². The third kappa shape index (κ3) is 2.19. The fraction of sp³-hybridized carbons (Fsp3) is 0.333. The number of nitrogens with zero attached hydrogens (tertiary/aromatic N) is 3. The van der Waals surface area contributed by atoms with E-state index in [1.54, 1.807) is 6.07 Å². The van der Waals surface area contributed by atoms with Crippen LogP contribution in [0.4, 0.5) is 0 Å². The first-order chi connectivity index (χ1) is 9.19. The van der Waals surface area contributed by atoms with Crippen molar-refractivity contribution < 1.29 is 4.79 Å². The van der Waals surface area contributed by atoms with Crippen molar-refractivity contribution in [2.75, 3.05) is 7.05 Å². The maximum atomic E-state index is 12.1. The zero-order valence-electron chi connectivity index (χ0n) is 10.8. The lowest BCUT2D eigenvalue weighted by molar-refractivity contribution is -0.130. The summed E-state index contributed by atoms with van der Waals surface area (Å²) in [5.74, 6) is 0.143. The number of carbonyl (C=O) groups excluding carboxylic acids is 1. The molecule has 4 heteroatoms. The van der Waals surface area contributed by atoms with Crippen molar-refractivity contribution in [3.63, 3.8) is 0 Å². The molecule has 0 saturated heterocycles. The SMILES string of the molecule is CN(C(=O)Cn1ccc2cc(C#N)ccc21)C1CC1. The van der Waals surface area contributed by atoms with Crippen LogP contribution < -0.4 is 0 Å². The number of amides is 1. The normalized spacial score (nSPS) is 14.3. The van der Waals surface area contributed by atoms with Crippen molar-refractivity contribution in [1.82, 2.24) is 9.47 Å². The minimum atomic E-state index is 0.143. The molecule has 1 saturated carbocycles. The second-order valence-electron chi connectivity index (χ2n) is 5.06. The molecule has 96 valence electrons. The summed E-state index contributed by atoms with van der Waals surface area (Å²) in [6.45, 7) is 0.363. The highest BCUT2D eigenvalue weighted by atomic mass is 16.2. The predicted octanol–water partition coefficient (Wildman–Crippen LogP) is 2.13. The minimum absolute atomic E-state index is 0.143. The molecule has 0 atom stereocenters. The van der Waals surface area contributed by atoms with Crippen LogP contribution in [0.25, 0.3) is 10.9 Å². The fourth-order valence-electron chi connectivity index (χ4n) is 2.33. The summed E-state index contributed by atoms with van der Waals surface area (Å²) < 4.78 is 1.94. The van der Waals surface area contributed by atoms with Crippen molar-refractivity contribution in [2.24, 2.45) is 0 Å². The molecule has 1 aromatic carbocycles. The van der Waals surface area contributed by atoms with E-state index >= 15 is 0 Å². The Morgan fingerprint density at radius 1 is 1.47 bits per heavy atom. The lowest BCUT2D eigenvalue weighted by Crippen LogP contribution is -2.31. The van der Waals surface area contributed by atoms with Crippen LogP contribution in [0.15, 0.2) is 30.5 Å². The van der Waals surface area contributed by atoms with Gasteiger partial charge in [0, 0.05) is 30.2 Å². The van der Waals surface area contributed by atoms with E-state index in [1.807, 2.05) is 40.9 Å². The summed E-state index contributed by atoms with van der Waals surface area (Å²) in [4.78, 5) is 14.0. The largest absolute Gasteiger partial charge is 0.341 e. The van der Waals surface area contributed by atoms with E-state index in [4.69, 9.17) is 5.26 Å². The van der Waals surface area contributed by atoms with Crippen LogP contribution in [-0.4, -0.2) is 28.5 Å². The molecular weight excluding hydrogens is 238 g/mol. The van der Waals surface area contributed by atoms with E-state index in [9.17, 15) is 4.79 Å². The van der Waals surface area contributed by atoms with Gasteiger partial charge in [-0.05, 0) is 37.1 Å². The second kappa shape index (κ2) is 4.43. The Labute approximate surface area is 111 Å². The quantitative estimate of drug-likeness (QED) is 0.841. The van der Waals surface area contributed by atoms with Gasteiger partial charge in [-0.2, -0.15) is 5.26 Å². The van der Waals surface area contributed by atoms with E-state index < -0.39 is 0 Å². The van der Waals surface area contributed by atoms with Crippen LogP contribution >= 0.6 is 0 Å². The molecule has 0 N–H and O–H groups in total. The lowest BCUT2D eigenvalue weighted by atomic mass is 10.2. The molecule has 0 radical (unpaired) electrons. The van der Waals surface area contributed by atoms with Crippen molar-refractivity contribution in [3.8, 4) is 6.07 Å². The van der Waals surface area contributed by atoms with E-state index in [2.05, 4.69) is 6.07 Å². The monoisotopic (exact) mass is 253 g/mol. The van der Waals surface area contributed by atoms with Crippen LogP contribution in [0.3, 0.4) is 0 Å². The predicted molar refractivity (Wildman–Crippen MR) is 72.4 cm³/mol. The number of likely N-dealkylation sites (N-methyl/N-ethyl adjacent to an activating group) is 1. The van der Waals surface area contributed by atoms with Gasteiger partial charge in [-0.3, -0.25) is 4.79 Å². The molecule has 0 spiro atoms. The molecule has 4 nitrogen and oxygen atoms in total. The molecule has 1 amide bonds. The van der Waals surface area contributed by atoms with Crippen LogP contribution in [0.5, 0.6) is 0 Å². The molecule has 0 aliphatic heterocycles. The number of hydrogen-bond donors (Lipinski definition) is 0. The van der Waals surface area contributed by atoms with Crippen LogP contribution in [-0.2, 0) is 11.3 Å². The van der Waals surface area contributed by atoms with Gasteiger partial charge in [0.1, 0.15) is 6.54 Å². The molecule has 1 heterocycles. The van der Waals surface area contributed by atoms with E-state index in [1.165, 1.54) is 0 Å². The zero-order chi connectivity index (χ0) is 13.4. The molecule has 3 rings (SSSR count). The lowest BCUT2D eigenvalue weighted by Gasteiger charge is -2.16. The number of hydrogen-bond acceptors (Lipinski definition) is 2. The molecule has 2 aromatic rings. The van der Waals surface area contributed by atoms with Gasteiger partial charge in [-0.1, -0.05) is 0 Å². The molecule has 1 aliphatic rings. The molecule has 1 aliphatic carbocycles. The number of fused-ring (bicyclic) bond motifs is 1. The first kappa shape index (κ1) is 11.8. The maximum absolute atomic E-state index is 12.1. The first-order valence-electron chi connectivity index (χ1n) is 6.43. The number of nitriles is 1. The van der Waals surface area contributed by atoms with Crippen LogP contribution in [0, 0.1) is 11.3 Å². The molecule has 0 unspecified atom stereocenters. The number of rotatable bonds is 3. The molecular formula is C15H15N3O. The molecule has 0 bridgehead atoms. The average molecular weight is 253 g/mol. The Balaban J connectivity index is 1.85. The van der Waals surface area contributed by atoms with Gasteiger partial charge >= 0.3 is 0 Å². The van der Waals surface area contributed by atoms with Gasteiger partial charge in [0.25, 0.3) is 0 Å². The summed E-state index contributed by atoms with van der Waals surface area (Å²) in [5.41, 5.74) is 1.64. The van der Waals surface area contributed by atoms with Gasteiger partial charge in [0.05, 0.1) is 11.6 Å². The molecule has 1 fully saturated rings. The number of aromatic nitrogens is 1. The van der Waals surface area contributed by atoms with Gasteiger partial charge in [0.15, 0.2) is 0 Å². The topological polar surface area (TPSA) is 49.0 Å². The highest BCUT2D eigenvalue weighted by Gasteiger charge is 2.29. The van der Waals surface area contributed by atoms with Gasteiger partial charge in [0.2, 0.25) is 5.91 Å². The average Bonchev–Trinajstić information content (AvgIpc) is 3.20. The Hall–Kier alpha value is -2.28. The fourth-order valence-corrected chi connectivity index (χ4v) is 2.33. The highest BCUT2D eigenvalue weighted by molar-refractivity contribution is 5.84. The minimum Gasteiger partial charge on any atom is -0.341 e. The summed E-state index contributed by atoms with van der Waals surface area (Å²) in [6, 6.07) is 10.0. The summed E-state index contributed by atoms with van der Waals surface area (Å²) in [5, 5.41) is 9.87. The van der Waals surface area contributed by atoms with Crippen molar-refractivity contribution >= 4 is 16.8 Å². The van der Waals surface area contributed by atoms with E-state index in [0.29, 0.717) is 18.2 Å². The Morgan fingerprint density at radius 3 is 2.95 bits per heavy atom. The Morgan fingerprint density at radius 2 is 2.26 bits per heavy atom. The highest BCUT2D eigenvalue weighted by Crippen LogP contribution is 2.26. The maximum Gasteiger partial charge on any atom is 0.242 e. The van der Waals surface area contributed by atoms with Gasteiger partial charge < -0.3 is 9.47 Å². The smallest absolute Gasteiger partial charge is 0.242 e. The second-order valence-corrected chi connectivity index (χ2v) is 5.06. The summed E-state index contributed by atoms with van der Waals surface area (Å²) >= 11 is 0. The summed E-state index contributed by atoms with van der Waals surface area (Å²) in [6.07, 6.45) is 4.16. The zero-order valence-corrected chi connectivity index (χ0v) is 10.8. The van der Waals surface area contributed by atoms with E-state index in [-0.39, 0.29) is 5.91 Å². The number of benzene rings is 1. The molecule has 19 heavy (non-hydrogen) atoms. The van der Waals surface area contributed by atoms with Gasteiger partial charge in [-0.15, -0.1) is 0 Å². The molecule has 1 aromatic heterocycles. The third-order valence-electron chi connectivity index (χ3n) is 3.69. The Kier molecular flexibility index (Phi) is 2.75.